The van der Waals surface area contributed by atoms with Gasteiger partial charge in [-0.15, -0.1) is 0 Å². The molecule has 3 rings (SSSR count). The van der Waals surface area contributed by atoms with Crippen LogP contribution in [0.3, 0.4) is 0 Å². The number of carbonyl (C=O) groups is 2. The van der Waals surface area contributed by atoms with Gasteiger partial charge in [-0.05, 0) is 42.3 Å². The molecule has 1 aliphatic heterocycles. The molecular weight excluding hydrogens is 307 g/mol. The first kappa shape index (κ1) is 15.9. The number of anilines is 1. The maximum Gasteiger partial charge on any atom is 0.249 e. The molecule has 122 valence electrons. The average Bonchev–Trinajstić information content (AvgIpc) is 2.95. The molecule has 4 nitrogen and oxygen atoms in total. The van der Waals surface area contributed by atoms with E-state index < -0.39 is 6.04 Å². The van der Waals surface area contributed by atoms with Gasteiger partial charge in [0, 0.05) is 18.3 Å². The Morgan fingerprint density at radius 2 is 1.83 bits per heavy atom. The van der Waals surface area contributed by atoms with E-state index in [-0.39, 0.29) is 17.6 Å². The molecule has 2 amide bonds. The number of benzene rings is 2. The molecule has 1 fully saturated rings. The van der Waals surface area contributed by atoms with E-state index in [0.29, 0.717) is 18.7 Å². The lowest BCUT2D eigenvalue weighted by Crippen LogP contribution is -2.40. The third kappa shape index (κ3) is 3.68. The minimum Gasteiger partial charge on any atom is -0.341 e. The first-order valence-corrected chi connectivity index (χ1v) is 7.74. The largest absolute Gasteiger partial charge is 0.341 e. The molecule has 1 heterocycles. The second-order valence-electron chi connectivity index (χ2n) is 5.56. The molecule has 2 aromatic rings. The summed E-state index contributed by atoms with van der Waals surface area (Å²) in [7, 11) is 0. The summed E-state index contributed by atoms with van der Waals surface area (Å²) in [6, 6.07) is 14.7. The fourth-order valence-corrected chi connectivity index (χ4v) is 2.65. The van der Waals surface area contributed by atoms with Crippen LogP contribution < -0.4 is 10.2 Å². The van der Waals surface area contributed by atoms with Gasteiger partial charge in [0.2, 0.25) is 11.8 Å². The first-order valence-electron chi connectivity index (χ1n) is 7.74. The molecule has 1 atom stereocenters. The molecule has 0 aromatic heterocycles. The summed E-state index contributed by atoms with van der Waals surface area (Å²) in [5.41, 5.74) is 1.55. The van der Waals surface area contributed by atoms with Gasteiger partial charge in [-0.2, -0.15) is 0 Å². The van der Waals surface area contributed by atoms with E-state index in [9.17, 15) is 14.0 Å². The summed E-state index contributed by atoms with van der Waals surface area (Å²) in [6.45, 7) is 0.498. The summed E-state index contributed by atoms with van der Waals surface area (Å²) in [4.78, 5) is 25.9. The number of hydrogen-bond donors (Lipinski definition) is 1. The van der Waals surface area contributed by atoms with Crippen molar-refractivity contribution in [2.45, 2.75) is 12.5 Å². The molecule has 2 aromatic carbocycles. The number of amides is 2. The smallest absolute Gasteiger partial charge is 0.249 e. The quantitative estimate of drug-likeness (QED) is 0.879. The van der Waals surface area contributed by atoms with Gasteiger partial charge in [0.15, 0.2) is 0 Å². The normalized spacial score (nSPS) is 17.5. The molecule has 0 aliphatic carbocycles. The molecule has 24 heavy (non-hydrogen) atoms. The third-order valence-corrected chi connectivity index (χ3v) is 3.89. The highest BCUT2D eigenvalue weighted by Crippen LogP contribution is 2.21. The molecule has 1 N–H and O–H groups in total. The van der Waals surface area contributed by atoms with Crippen LogP contribution in [-0.4, -0.2) is 24.4 Å². The Morgan fingerprint density at radius 3 is 2.54 bits per heavy atom. The summed E-state index contributed by atoms with van der Waals surface area (Å²) in [6.07, 6.45) is 3.65. The lowest BCUT2D eigenvalue weighted by Gasteiger charge is -2.16. The Hall–Kier alpha value is -2.95. The van der Waals surface area contributed by atoms with Crippen LogP contribution in [0.15, 0.2) is 60.7 Å². The van der Waals surface area contributed by atoms with Crippen LogP contribution in [0.25, 0.3) is 6.08 Å². The average molecular weight is 324 g/mol. The van der Waals surface area contributed by atoms with Gasteiger partial charge >= 0.3 is 0 Å². The molecule has 1 saturated heterocycles. The first-order chi connectivity index (χ1) is 11.6. The Balaban J connectivity index is 1.60. The number of nitrogens with zero attached hydrogens (tertiary/aromatic N) is 1. The van der Waals surface area contributed by atoms with Crippen molar-refractivity contribution in [3.63, 3.8) is 0 Å². The molecule has 0 bridgehead atoms. The van der Waals surface area contributed by atoms with Crippen molar-refractivity contribution in [3.05, 3.63) is 72.1 Å². The summed E-state index contributed by atoms with van der Waals surface area (Å²) >= 11 is 0. The van der Waals surface area contributed by atoms with E-state index in [0.717, 1.165) is 5.56 Å². The summed E-state index contributed by atoms with van der Waals surface area (Å²) in [5.74, 6) is -0.831. The Morgan fingerprint density at radius 1 is 1.12 bits per heavy atom. The highest BCUT2D eigenvalue weighted by atomic mass is 19.1. The fourth-order valence-electron chi connectivity index (χ4n) is 2.65. The van der Waals surface area contributed by atoms with E-state index in [2.05, 4.69) is 5.32 Å². The van der Waals surface area contributed by atoms with Crippen molar-refractivity contribution >= 4 is 23.6 Å². The van der Waals surface area contributed by atoms with Crippen LogP contribution in [-0.2, 0) is 9.59 Å². The maximum atomic E-state index is 13.0. The number of hydrogen-bond acceptors (Lipinski definition) is 2. The van der Waals surface area contributed by atoms with E-state index in [1.807, 2.05) is 30.3 Å². The number of rotatable bonds is 4. The molecule has 0 radical (unpaired) electrons. The second-order valence-corrected chi connectivity index (χ2v) is 5.56. The van der Waals surface area contributed by atoms with Crippen molar-refractivity contribution in [1.82, 2.24) is 5.32 Å². The Labute approximate surface area is 139 Å². The minimum absolute atomic E-state index is 0.178. The summed E-state index contributed by atoms with van der Waals surface area (Å²) < 4.78 is 13.0. The molecular formula is C19H17FN2O2. The SMILES string of the molecule is O=C(/C=C/c1ccccc1)N[C@H]1CCN(c2ccc(F)cc2)C1=O. The highest BCUT2D eigenvalue weighted by Gasteiger charge is 2.33. The van der Waals surface area contributed by atoms with Crippen molar-refractivity contribution in [2.24, 2.45) is 0 Å². The molecule has 0 saturated carbocycles. The molecule has 0 unspecified atom stereocenters. The molecule has 1 aliphatic rings. The van der Waals surface area contributed by atoms with Gasteiger partial charge in [0.25, 0.3) is 0 Å². The van der Waals surface area contributed by atoms with E-state index in [4.69, 9.17) is 0 Å². The lowest BCUT2D eigenvalue weighted by atomic mass is 10.2. The monoisotopic (exact) mass is 324 g/mol. The van der Waals surface area contributed by atoms with Crippen molar-refractivity contribution in [1.29, 1.82) is 0 Å². The second kappa shape index (κ2) is 7.08. The zero-order valence-corrected chi connectivity index (χ0v) is 13.0. The van der Waals surface area contributed by atoms with Gasteiger partial charge in [0.1, 0.15) is 11.9 Å². The predicted octanol–water partition coefficient (Wildman–Crippen LogP) is 2.76. The Bertz CT molecular complexity index is 757. The molecule has 5 heteroatoms. The van der Waals surface area contributed by atoms with Gasteiger partial charge < -0.3 is 10.2 Å². The van der Waals surface area contributed by atoms with Gasteiger partial charge in [0.05, 0.1) is 0 Å². The third-order valence-electron chi connectivity index (χ3n) is 3.89. The Kier molecular flexibility index (Phi) is 4.70. The van der Waals surface area contributed by atoms with E-state index >= 15 is 0 Å². The topological polar surface area (TPSA) is 49.4 Å². The van der Waals surface area contributed by atoms with Crippen molar-refractivity contribution in [2.75, 3.05) is 11.4 Å². The van der Waals surface area contributed by atoms with Crippen LogP contribution in [0.2, 0.25) is 0 Å². The van der Waals surface area contributed by atoms with Crippen molar-refractivity contribution < 1.29 is 14.0 Å². The zero-order valence-electron chi connectivity index (χ0n) is 13.0. The highest BCUT2D eigenvalue weighted by molar-refractivity contribution is 6.03. The predicted molar refractivity (Wildman–Crippen MR) is 90.8 cm³/mol. The van der Waals surface area contributed by atoms with Gasteiger partial charge in [-0.1, -0.05) is 30.3 Å². The maximum absolute atomic E-state index is 13.0. The lowest BCUT2D eigenvalue weighted by molar-refractivity contribution is -0.123. The van der Waals surface area contributed by atoms with Crippen LogP contribution in [0.4, 0.5) is 10.1 Å². The standard InChI is InChI=1S/C19H17FN2O2/c20-15-7-9-16(10-8-15)22-13-12-17(19(22)24)21-18(23)11-6-14-4-2-1-3-5-14/h1-11,17H,12-13H2,(H,21,23)/b11-6+/t17-/m0/s1. The van der Waals surface area contributed by atoms with Gasteiger partial charge in [-0.25, -0.2) is 4.39 Å². The number of halogens is 1. The van der Waals surface area contributed by atoms with Crippen LogP contribution in [0, 0.1) is 5.82 Å². The fraction of sp³-hybridized carbons (Fsp3) is 0.158. The van der Waals surface area contributed by atoms with Crippen molar-refractivity contribution in [3.8, 4) is 0 Å². The van der Waals surface area contributed by atoms with E-state index in [1.54, 1.807) is 23.1 Å². The van der Waals surface area contributed by atoms with Crippen LogP contribution in [0.1, 0.15) is 12.0 Å². The number of carbonyl (C=O) groups excluding carboxylic acids is 2. The van der Waals surface area contributed by atoms with Crippen LogP contribution >= 0.6 is 0 Å². The van der Waals surface area contributed by atoms with Crippen LogP contribution in [0.5, 0.6) is 0 Å². The zero-order chi connectivity index (χ0) is 16.9. The van der Waals surface area contributed by atoms with Gasteiger partial charge in [-0.3, -0.25) is 9.59 Å². The number of nitrogens with one attached hydrogen (secondary N) is 1. The van der Waals surface area contributed by atoms with E-state index in [1.165, 1.54) is 18.2 Å². The summed E-state index contributed by atoms with van der Waals surface area (Å²) in [5, 5.41) is 2.72. The molecule has 0 spiro atoms. The minimum atomic E-state index is -0.553.